The van der Waals surface area contributed by atoms with Crippen molar-refractivity contribution in [3.63, 3.8) is 0 Å². The van der Waals surface area contributed by atoms with E-state index in [1.807, 2.05) is 0 Å². The second-order valence-corrected chi connectivity index (χ2v) is 5.23. The van der Waals surface area contributed by atoms with Crippen molar-refractivity contribution in [3.8, 4) is 0 Å². The van der Waals surface area contributed by atoms with E-state index in [2.05, 4.69) is 10.6 Å². The molecule has 0 heterocycles. The number of hydrogen-bond acceptors (Lipinski definition) is 5. The first-order chi connectivity index (χ1) is 11.4. The van der Waals surface area contributed by atoms with Gasteiger partial charge < -0.3 is 5.32 Å². The highest BCUT2D eigenvalue weighted by Gasteiger charge is 2.19. The highest BCUT2D eigenvalue weighted by molar-refractivity contribution is 7.80. The number of carbonyl (C=O) groups is 2. The zero-order valence-corrected chi connectivity index (χ0v) is 13.4. The number of nitrogens with one attached hydrogen (secondary N) is 2. The molecule has 8 heteroatoms. The van der Waals surface area contributed by atoms with Gasteiger partial charge in [-0.3, -0.25) is 25.0 Å². The van der Waals surface area contributed by atoms with Crippen molar-refractivity contribution >= 4 is 40.4 Å². The van der Waals surface area contributed by atoms with Crippen LogP contribution < -0.4 is 10.6 Å². The fourth-order valence-electron chi connectivity index (χ4n) is 1.97. The minimum absolute atomic E-state index is 0.0288. The zero-order chi connectivity index (χ0) is 17.7. The van der Waals surface area contributed by atoms with Crippen molar-refractivity contribution in [1.29, 1.82) is 0 Å². The summed E-state index contributed by atoms with van der Waals surface area (Å²) in [5.41, 5.74) is 0.615. The van der Waals surface area contributed by atoms with Crippen LogP contribution in [0.1, 0.15) is 27.6 Å². The Morgan fingerprint density at radius 3 is 2.50 bits per heavy atom. The maximum Gasteiger partial charge on any atom is 0.282 e. The van der Waals surface area contributed by atoms with Gasteiger partial charge in [0.05, 0.1) is 4.92 Å². The Bertz CT molecular complexity index is 836. The van der Waals surface area contributed by atoms with E-state index in [0.29, 0.717) is 11.3 Å². The maximum atomic E-state index is 12.1. The summed E-state index contributed by atoms with van der Waals surface area (Å²) in [5.74, 6) is -0.795. The minimum Gasteiger partial charge on any atom is -0.332 e. The molecule has 0 aliphatic rings. The molecule has 0 saturated carbocycles. The summed E-state index contributed by atoms with van der Waals surface area (Å²) in [4.78, 5) is 33.8. The van der Waals surface area contributed by atoms with Crippen LogP contribution in [0.15, 0.2) is 48.5 Å². The normalized spacial score (nSPS) is 9.88. The van der Waals surface area contributed by atoms with Crippen LogP contribution in [0.5, 0.6) is 0 Å². The molecule has 0 bridgehead atoms. The summed E-state index contributed by atoms with van der Waals surface area (Å²) < 4.78 is 0. The lowest BCUT2D eigenvalue weighted by Crippen LogP contribution is -2.34. The van der Waals surface area contributed by atoms with Gasteiger partial charge >= 0.3 is 0 Å². The number of rotatable bonds is 4. The Morgan fingerprint density at radius 1 is 1.12 bits per heavy atom. The molecule has 2 N–H and O–H groups in total. The molecule has 24 heavy (non-hydrogen) atoms. The fraction of sp³-hybridized carbons (Fsp3) is 0.0625. The van der Waals surface area contributed by atoms with Crippen molar-refractivity contribution in [2.45, 2.75) is 6.92 Å². The van der Waals surface area contributed by atoms with Crippen molar-refractivity contribution in [2.75, 3.05) is 5.32 Å². The number of Topliss-reactive ketones (excluding diaryl/α,β-unsaturated/α-hetero) is 1. The van der Waals surface area contributed by atoms with Crippen LogP contribution in [0.2, 0.25) is 0 Å². The maximum absolute atomic E-state index is 12.1. The quantitative estimate of drug-likeness (QED) is 0.383. The molecule has 0 saturated heterocycles. The molecule has 0 atom stereocenters. The average Bonchev–Trinajstić information content (AvgIpc) is 2.54. The van der Waals surface area contributed by atoms with Gasteiger partial charge in [-0.2, -0.15) is 0 Å². The molecule has 0 fully saturated rings. The van der Waals surface area contributed by atoms with Crippen LogP contribution in [0.4, 0.5) is 11.4 Å². The molecule has 0 spiro atoms. The van der Waals surface area contributed by atoms with Gasteiger partial charge in [-0.05, 0) is 37.3 Å². The number of para-hydroxylation sites is 1. The molecule has 0 aliphatic heterocycles. The summed E-state index contributed by atoms with van der Waals surface area (Å²) in [6, 6.07) is 12.2. The van der Waals surface area contributed by atoms with Crippen LogP contribution in [0.3, 0.4) is 0 Å². The fourth-order valence-corrected chi connectivity index (χ4v) is 2.18. The number of nitro groups is 1. The number of hydrogen-bond donors (Lipinski definition) is 2. The van der Waals surface area contributed by atoms with E-state index in [9.17, 15) is 19.7 Å². The molecule has 0 aromatic heterocycles. The van der Waals surface area contributed by atoms with Crippen molar-refractivity contribution in [1.82, 2.24) is 5.32 Å². The lowest BCUT2D eigenvalue weighted by Gasteiger charge is -2.10. The molecule has 0 aliphatic carbocycles. The second kappa shape index (κ2) is 7.42. The predicted molar refractivity (Wildman–Crippen MR) is 93.2 cm³/mol. The smallest absolute Gasteiger partial charge is 0.282 e. The molecule has 1 amide bonds. The van der Waals surface area contributed by atoms with Crippen LogP contribution in [-0.2, 0) is 0 Å². The van der Waals surface area contributed by atoms with Gasteiger partial charge in [0, 0.05) is 17.3 Å². The third-order valence-electron chi connectivity index (χ3n) is 3.10. The average molecular weight is 343 g/mol. The Morgan fingerprint density at radius 2 is 1.83 bits per heavy atom. The Kier molecular flexibility index (Phi) is 5.33. The number of ketones is 1. The zero-order valence-electron chi connectivity index (χ0n) is 12.6. The van der Waals surface area contributed by atoms with E-state index in [4.69, 9.17) is 12.2 Å². The summed E-state index contributed by atoms with van der Waals surface area (Å²) in [6.07, 6.45) is 0. The molecule has 2 aromatic rings. The first-order valence-corrected chi connectivity index (χ1v) is 7.26. The Labute approximate surface area is 142 Å². The number of nitrogens with zero attached hydrogens (tertiary/aromatic N) is 1. The summed E-state index contributed by atoms with van der Waals surface area (Å²) >= 11 is 5.03. The van der Waals surface area contributed by atoms with Crippen molar-refractivity contribution in [3.05, 3.63) is 69.8 Å². The lowest BCUT2D eigenvalue weighted by atomic mass is 10.1. The molecule has 2 rings (SSSR count). The largest absolute Gasteiger partial charge is 0.332 e. The molecule has 122 valence electrons. The van der Waals surface area contributed by atoms with Crippen molar-refractivity contribution in [2.24, 2.45) is 0 Å². The monoisotopic (exact) mass is 343 g/mol. The minimum atomic E-state index is -0.692. The number of amides is 1. The van der Waals surface area contributed by atoms with E-state index in [-0.39, 0.29) is 22.1 Å². The van der Waals surface area contributed by atoms with Crippen LogP contribution in [0.25, 0.3) is 0 Å². The molecule has 7 nitrogen and oxygen atoms in total. The highest BCUT2D eigenvalue weighted by atomic mass is 32.1. The highest BCUT2D eigenvalue weighted by Crippen LogP contribution is 2.17. The number of benzene rings is 2. The van der Waals surface area contributed by atoms with Crippen LogP contribution in [0, 0.1) is 10.1 Å². The predicted octanol–water partition coefficient (Wildman–Crippen LogP) is 2.92. The molecule has 0 unspecified atom stereocenters. The summed E-state index contributed by atoms with van der Waals surface area (Å²) in [7, 11) is 0. The number of carbonyl (C=O) groups excluding carboxylic acids is 2. The molecular weight excluding hydrogens is 330 g/mol. The van der Waals surface area contributed by atoms with Gasteiger partial charge in [0.25, 0.3) is 11.6 Å². The van der Waals surface area contributed by atoms with Crippen molar-refractivity contribution < 1.29 is 14.5 Å². The molecular formula is C16H13N3O4S. The molecule has 2 aromatic carbocycles. The van der Waals surface area contributed by atoms with E-state index in [1.165, 1.54) is 31.2 Å². The van der Waals surface area contributed by atoms with Crippen LogP contribution >= 0.6 is 12.2 Å². The van der Waals surface area contributed by atoms with Gasteiger partial charge in [-0.1, -0.05) is 24.3 Å². The summed E-state index contributed by atoms with van der Waals surface area (Å²) in [6.45, 7) is 1.44. The number of anilines is 1. The third-order valence-corrected chi connectivity index (χ3v) is 3.30. The number of thiocarbonyl (C=S) groups is 1. The van der Waals surface area contributed by atoms with E-state index in [1.54, 1.807) is 24.3 Å². The second-order valence-electron chi connectivity index (χ2n) is 4.82. The molecule has 0 radical (unpaired) electrons. The SMILES string of the molecule is CC(=O)c1cccc(NC(=S)NC(=O)c2ccccc2[N+](=O)[O-])c1. The van der Waals surface area contributed by atoms with Crippen LogP contribution in [-0.4, -0.2) is 21.7 Å². The first kappa shape index (κ1) is 17.2. The van der Waals surface area contributed by atoms with Gasteiger partial charge in [-0.25, -0.2) is 0 Å². The summed E-state index contributed by atoms with van der Waals surface area (Å²) in [5, 5.41) is 16.1. The van der Waals surface area contributed by atoms with Gasteiger partial charge in [-0.15, -0.1) is 0 Å². The number of nitro benzene ring substituents is 1. The lowest BCUT2D eigenvalue weighted by molar-refractivity contribution is -0.385. The van der Waals surface area contributed by atoms with E-state index >= 15 is 0 Å². The Balaban J connectivity index is 2.10. The van der Waals surface area contributed by atoms with E-state index in [0.717, 1.165) is 0 Å². The standard InChI is InChI=1S/C16H13N3O4S/c1-10(20)11-5-4-6-12(9-11)17-16(24)18-15(21)13-7-2-3-8-14(13)19(22)23/h2-9H,1H3,(H2,17,18,21,24). The van der Waals surface area contributed by atoms with Gasteiger partial charge in [0.1, 0.15) is 5.56 Å². The topological polar surface area (TPSA) is 101 Å². The Hall–Kier alpha value is -3.13. The first-order valence-electron chi connectivity index (χ1n) is 6.85. The third kappa shape index (κ3) is 4.20. The van der Waals surface area contributed by atoms with Gasteiger partial charge in [0.2, 0.25) is 0 Å². The van der Waals surface area contributed by atoms with E-state index < -0.39 is 10.8 Å². The van der Waals surface area contributed by atoms with Gasteiger partial charge in [0.15, 0.2) is 10.9 Å².